The number of fused-ring (bicyclic) bond motifs is 3. The number of aliphatic hydroxyl groups excluding tert-OH is 2. The second kappa shape index (κ2) is 13.3. The minimum absolute atomic E-state index is 0.0373. The summed E-state index contributed by atoms with van der Waals surface area (Å²) in [5.41, 5.74) is 15.3. The molecule has 7 unspecified atom stereocenters. The van der Waals surface area contributed by atoms with Crippen LogP contribution >= 0.6 is 0 Å². The number of nitrogens with two attached hydrogens (primary N) is 1. The van der Waals surface area contributed by atoms with Crippen LogP contribution in [0.5, 0.6) is 11.5 Å². The smallest absolute Gasteiger partial charge is 0.227 e. The van der Waals surface area contributed by atoms with Crippen molar-refractivity contribution in [1.82, 2.24) is 5.32 Å². The minimum atomic E-state index is -0.831. The number of allylic oxidation sites excluding steroid dienone is 1. The molecule has 5 aliphatic rings. The second-order valence-corrected chi connectivity index (χ2v) is 14.4. The molecule has 0 amide bonds. The number of rotatable bonds is 13. The molecule has 9 heteroatoms. The van der Waals surface area contributed by atoms with Crippen LogP contribution in [0.4, 0.5) is 0 Å². The highest BCUT2D eigenvalue weighted by Gasteiger charge is 2.55. The predicted molar refractivity (Wildman–Crippen MR) is 180 cm³/mol. The molecule has 3 heterocycles. The third kappa shape index (κ3) is 6.08. The average Bonchev–Trinajstić information content (AvgIpc) is 3.77. The Kier molecular flexibility index (Phi) is 9.11. The van der Waals surface area contributed by atoms with Crippen LogP contribution in [0.25, 0.3) is 0 Å². The SMILES string of the molecule is CCCC(O)CC(O)CC(=O)CCc1ccc(O)c(OC[NH+]2C=C3C(C45CCCC4CC4CNC(N)c6cccc5c64)=CN=C3C2)c1. The van der Waals surface area contributed by atoms with Crippen LogP contribution in [-0.2, 0) is 16.6 Å². The largest absolute Gasteiger partial charge is 0.504 e. The number of aliphatic hydroxyl groups is 2. The van der Waals surface area contributed by atoms with E-state index in [1.165, 1.54) is 47.1 Å². The Morgan fingerprint density at radius 1 is 1.23 bits per heavy atom. The summed E-state index contributed by atoms with van der Waals surface area (Å²) in [5, 5.41) is 34.2. The van der Waals surface area contributed by atoms with Crippen LogP contribution < -0.4 is 20.7 Å². The number of ketones is 1. The maximum atomic E-state index is 12.5. The molecule has 7 atom stereocenters. The highest BCUT2D eigenvalue weighted by Crippen LogP contribution is 2.61. The Morgan fingerprint density at radius 3 is 2.96 bits per heavy atom. The van der Waals surface area contributed by atoms with Crippen molar-refractivity contribution in [2.75, 3.05) is 19.8 Å². The molecule has 0 aromatic heterocycles. The number of carbonyl (C=O) groups excluding carboxylic acids is 1. The molecule has 2 aromatic rings. The molecule has 0 bridgehead atoms. The molecule has 47 heavy (non-hydrogen) atoms. The average molecular weight is 642 g/mol. The number of nitrogens with zero attached hydrogens (tertiary/aromatic N) is 1. The number of hydrogen-bond acceptors (Lipinski definition) is 8. The van der Waals surface area contributed by atoms with E-state index in [9.17, 15) is 20.1 Å². The number of carbonyl (C=O) groups is 1. The number of aromatic hydroxyl groups is 1. The molecule has 2 aliphatic carbocycles. The molecular formula is C38H49N4O5+. The summed E-state index contributed by atoms with van der Waals surface area (Å²) in [7, 11) is 0. The normalized spacial score (nSPS) is 28.5. The van der Waals surface area contributed by atoms with Gasteiger partial charge in [0.05, 0.1) is 23.9 Å². The van der Waals surface area contributed by atoms with Gasteiger partial charge in [0.25, 0.3) is 0 Å². The van der Waals surface area contributed by atoms with Gasteiger partial charge in [-0.05, 0) is 90.3 Å². The maximum absolute atomic E-state index is 12.5. The van der Waals surface area contributed by atoms with E-state index in [0.717, 1.165) is 42.1 Å². The van der Waals surface area contributed by atoms with Gasteiger partial charge in [-0.1, -0.05) is 44.0 Å². The van der Waals surface area contributed by atoms with Gasteiger partial charge in [0, 0.05) is 31.0 Å². The molecule has 7 N–H and O–H groups in total. The lowest BCUT2D eigenvalue weighted by atomic mass is 9.56. The van der Waals surface area contributed by atoms with E-state index < -0.39 is 12.2 Å². The number of quaternary nitrogens is 1. The third-order valence-electron chi connectivity index (χ3n) is 11.3. The molecule has 0 radical (unpaired) electrons. The lowest BCUT2D eigenvalue weighted by molar-refractivity contribution is -0.851. The number of nitrogens with one attached hydrogen (secondary N) is 2. The first-order chi connectivity index (χ1) is 22.8. The molecule has 1 fully saturated rings. The highest BCUT2D eigenvalue weighted by molar-refractivity contribution is 6.08. The summed E-state index contributed by atoms with van der Waals surface area (Å²) in [6, 6.07) is 12.0. The van der Waals surface area contributed by atoms with Crippen molar-refractivity contribution < 1.29 is 29.8 Å². The Morgan fingerprint density at radius 2 is 2.11 bits per heavy atom. The van der Waals surface area contributed by atoms with Gasteiger partial charge in [-0.25, -0.2) is 0 Å². The fourth-order valence-corrected chi connectivity index (χ4v) is 9.13. The van der Waals surface area contributed by atoms with E-state index in [-0.39, 0.29) is 42.4 Å². The fourth-order valence-electron chi connectivity index (χ4n) is 9.13. The van der Waals surface area contributed by atoms with Gasteiger partial charge in [0.1, 0.15) is 24.2 Å². The van der Waals surface area contributed by atoms with Crippen molar-refractivity contribution in [2.24, 2.45) is 16.6 Å². The van der Waals surface area contributed by atoms with Crippen LogP contribution in [0.2, 0.25) is 0 Å². The van der Waals surface area contributed by atoms with Crippen LogP contribution in [0.3, 0.4) is 0 Å². The van der Waals surface area contributed by atoms with Crippen molar-refractivity contribution in [3.63, 3.8) is 0 Å². The van der Waals surface area contributed by atoms with E-state index in [2.05, 4.69) is 35.9 Å². The Balaban J connectivity index is 1.02. The quantitative estimate of drug-likeness (QED) is 0.197. The summed E-state index contributed by atoms with van der Waals surface area (Å²) in [6.07, 6.45) is 10.1. The van der Waals surface area contributed by atoms with Crippen molar-refractivity contribution in [3.8, 4) is 11.5 Å². The zero-order valence-corrected chi connectivity index (χ0v) is 27.4. The van der Waals surface area contributed by atoms with E-state index in [1.54, 1.807) is 18.2 Å². The molecule has 2 aromatic carbocycles. The van der Waals surface area contributed by atoms with Crippen molar-refractivity contribution in [2.45, 2.75) is 101 Å². The molecule has 7 rings (SSSR count). The fraction of sp³-hybridized carbons (Fsp3) is 0.526. The monoisotopic (exact) mass is 641 g/mol. The first-order valence-electron chi connectivity index (χ1n) is 17.6. The lowest BCUT2D eigenvalue weighted by Gasteiger charge is -2.48. The maximum Gasteiger partial charge on any atom is 0.227 e. The van der Waals surface area contributed by atoms with E-state index in [1.807, 2.05) is 6.92 Å². The Labute approximate surface area is 277 Å². The number of hydrogen-bond donors (Lipinski definition) is 6. The minimum Gasteiger partial charge on any atom is -0.504 e. The van der Waals surface area contributed by atoms with E-state index in [0.29, 0.717) is 37.2 Å². The van der Waals surface area contributed by atoms with Crippen molar-refractivity contribution >= 4 is 11.5 Å². The van der Waals surface area contributed by atoms with Crippen LogP contribution in [0, 0.1) is 5.92 Å². The van der Waals surface area contributed by atoms with E-state index in [4.69, 9.17) is 15.5 Å². The summed E-state index contributed by atoms with van der Waals surface area (Å²) in [5.74, 6) is 1.50. The molecule has 250 valence electrons. The topological polar surface area (TPSA) is 142 Å². The first-order valence-corrected chi connectivity index (χ1v) is 17.6. The van der Waals surface area contributed by atoms with Gasteiger partial charge >= 0.3 is 0 Å². The van der Waals surface area contributed by atoms with Crippen LogP contribution in [0.1, 0.15) is 99.0 Å². The second-order valence-electron chi connectivity index (χ2n) is 14.4. The lowest BCUT2D eigenvalue weighted by Crippen LogP contribution is -3.07. The first kappa shape index (κ1) is 32.2. The number of aliphatic imine (C=N–C) groups is 1. The van der Waals surface area contributed by atoms with Gasteiger partial charge in [-0.3, -0.25) is 20.0 Å². The molecule has 9 nitrogen and oxygen atoms in total. The molecule has 0 saturated heterocycles. The summed E-state index contributed by atoms with van der Waals surface area (Å²) < 4.78 is 6.17. The van der Waals surface area contributed by atoms with Gasteiger partial charge in [-0.15, -0.1) is 0 Å². The number of phenols is 1. The van der Waals surface area contributed by atoms with E-state index >= 15 is 0 Å². The van der Waals surface area contributed by atoms with Gasteiger partial charge < -0.3 is 25.8 Å². The van der Waals surface area contributed by atoms with Crippen molar-refractivity contribution in [3.05, 3.63) is 82.2 Å². The Hall–Kier alpha value is -3.34. The number of ether oxygens (including phenoxy) is 1. The zero-order chi connectivity index (χ0) is 32.7. The highest BCUT2D eigenvalue weighted by atomic mass is 16.5. The molecule has 3 aliphatic heterocycles. The standard InChI is InChI=1S/C38H48N4O5/c1-2-5-26(43)16-28(45)17-27(44)11-9-23-10-12-34(46)35(14-23)47-22-42-20-30-32(19-40-33(30)21-42)38-13-4-6-25(38)15-24-18-41-37(39)29-7-3-8-31(38)36(24)29/h3,7-8,10,12,14,19-20,24-26,28,37,41,43,45-46H,2,4-6,9,11,13,15-18,21-22,39H2,1H3/p+1. The van der Waals surface area contributed by atoms with Crippen LogP contribution in [-0.4, -0.2) is 58.8 Å². The number of Topliss-reactive ketones (excluding diaryl/α,β-unsaturated/α-hetero) is 1. The molecular weight excluding hydrogens is 592 g/mol. The number of benzene rings is 2. The van der Waals surface area contributed by atoms with Gasteiger partial charge in [-0.2, -0.15) is 0 Å². The van der Waals surface area contributed by atoms with Gasteiger partial charge in [0.15, 0.2) is 11.5 Å². The molecule has 0 spiro atoms. The number of aryl methyl sites for hydroxylation is 1. The predicted octanol–water partition coefficient (Wildman–Crippen LogP) is 3.44. The Bertz CT molecular complexity index is 1620. The summed E-state index contributed by atoms with van der Waals surface area (Å²) in [4.78, 5) is 18.6. The summed E-state index contributed by atoms with van der Waals surface area (Å²) in [6.45, 7) is 3.99. The zero-order valence-electron chi connectivity index (χ0n) is 27.4. The number of phenolic OH excluding ortho intramolecular Hbond substituents is 1. The van der Waals surface area contributed by atoms with Crippen molar-refractivity contribution in [1.29, 1.82) is 0 Å². The third-order valence-corrected chi connectivity index (χ3v) is 11.3. The van der Waals surface area contributed by atoms with Gasteiger partial charge in [0.2, 0.25) is 6.73 Å². The van der Waals surface area contributed by atoms with Crippen LogP contribution in [0.15, 0.2) is 64.9 Å². The molecule has 1 saturated carbocycles. The summed E-state index contributed by atoms with van der Waals surface area (Å²) >= 11 is 0.